The lowest BCUT2D eigenvalue weighted by atomic mass is 10.2. The van der Waals surface area contributed by atoms with Crippen molar-refractivity contribution in [1.82, 2.24) is 4.98 Å². The van der Waals surface area contributed by atoms with Crippen molar-refractivity contribution in [2.75, 3.05) is 20.0 Å². The molecule has 2 aromatic carbocycles. The van der Waals surface area contributed by atoms with Crippen molar-refractivity contribution >= 4 is 10.9 Å². The summed E-state index contributed by atoms with van der Waals surface area (Å²) in [6.07, 6.45) is 1.11. The van der Waals surface area contributed by atoms with Crippen LogP contribution in [0.4, 0.5) is 0 Å². The first-order valence-electron chi connectivity index (χ1n) is 7.69. The van der Waals surface area contributed by atoms with E-state index in [1.54, 1.807) is 18.2 Å². The number of hydrogen-bond donors (Lipinski definition) is 2. The molecule has 0 amide bonds. The SMILES string of the molecule is OC(COc1ccc2c(c1)OCO2)COc1cccc2[nH]ccc12. The molecular weight excluding hydrogens is 310 g/mol. The number of fused-ring (bicyclic) bond motifs is 2. The van der Waals surface area contributed by atoms with Crippen molar-refractivity contribution in [3.8, 4) is 23.0 Å². The van der Waals surface area contributed by atoms with Gasteiger partial charge in [0.25, 0.3) is 0 Å². The Hall–Kier alpha value is -2.86. The third-order valence-electron chi connectivity index (χ3n) is 3.77. The van der Waals surface area contributed by atoms with E-state index in [2.05, 4.69) is 4.98 Å². The predicted molar refractivity (Wildman–Crippen MR) is 87.9 cm³/mol. The van der Waals surface area contributed by atoms with E-state index >= 15 is 0 Å². The molecule has 0 spiro atoms. The van der Waals surface area contributed by atoms with E-state index in [1.165, 1.54) is 0 Å². The summed E-state index contributed by atoms with van der Waals surface area (Å²) in [7, 11) is 0. The maximum Gasteiger partial charge on any atom is 0.231 e. The van der Waals surface area contributed by atoms with Crippen LogP contribution in [0.15, 0.2) is 48.7 Å². The largest absolute Gasteiger partial charge is 0.491 e. The number of ether oxygens (including phenoxy) is 4. The Morgan fingerprint density at radius 1 is 1.04 bits per heavy atom. The highest BCUT2D eigenvalue weighted by molar-refractivity contribution is 5.85. The number of aromatic nitrogens is 1. The average Bonchev–Trinajstić information content (AvgIpc) is 3.26. The molecular formula is C18H17NO5. The standard InChI is InChI=1S/C18H17NO5/c20-12(9-21-13-4-5-17-18(8-13)24-11-23-17)10-22-16-3-1-2-15-14(16)6-7-19-15/h1-8,12,19-20H,9-11H2. The summed E-state index contributed by atoms with van der Waals surface area (Å²) in [6, 6.07) is 13.0. The topological polar surface area (TPSA) is 72.9 Å². The molecule has 1 unspecified atom stereocenters. The lowest BCUT2D eigenvalue weighted by Gasteiger charge is -2.14. The van der Waals surface area contributed by atoms with Gasteiger partial charge in [-0.15, -0.1) is 0 Å². The van der Waals surface area contributed by atoms with Crippen molar-refractivity contribution in [1.29, 1.82) is 0 Å². The van der Waals surface area contributed by atoms with Crippen LogP contribution in [0.25, 0.3) is 10.9 Å². The van der Waals surface area contributed by atoms with Gasteiger partial charge in [0.05, 0.1) is 0 Å². The molecule has 0 saturated carbocycles. The van der Waals surface area contributed by atoms with Crippen molar-refractivity contribution in [3.63, 3.8) is 0 Å². The molecule has 3 aromatic rings. The van der Waals surface area contributed by atoms with E-state index in [-0.39, 0.29) is 20.0 Å². The van der Waals surface area contributed by atoms with Crippen molar-refractivity contribution in [3.05, 3.63) is 48.7 Å². The summed E-state index contributed by atoms with van der Waals surface area (Å²) >= 11 is 0. The number of rotatable bonds is 6. The molecule has 24 heavy (non-hydrogen) atoms. The van der Waals surface area contributed by atoms with E-state index in [9.17, 15) is 5.11 Å². The second kappa shape index (κ2) is 6.33. The van der Waals surface area contributed by atoms with Crippen molar-refractivity contribution in [2.45, 2.75) is 6.10 Å². The van der Waals surface area contributed by atoms with E-state index in [0.717, 1.165) is 16.7 Å². The number of aliphatic hydroxyl groups is 1. The first kappa shape index (κ1) is 14.7. The molecule has 1 aliphatic heterocycles. The molecule has 1 aliphatic rings. The zero-order valence-corrected chi connectivity index (χ0v) is 12.9. The molecule has 0 saturated heterocycles. The second-order valence-corrected chi connectivity index (χ2v) is 5.49. The summed E-state index contributed by atoms with van der Waals surface area (Å²) in [5.41, 5.74) is 0.999. The minimum atomic E-state index is -0.746. The first-order valence-corrected chi connectivity index (χ1v) is 7.69. The summed E-state index contributed by atoms with van der Waals surface area (Å²) in [5.74, 6) is 2.70. The van der Waals surface area contributed by atoms with E-state index in [1.807, 2.05) is 30.5 Å². The number of aromatic amines is 1. The maximum absolute atomic E-state index is 10.1. The van der Waals surface area contributed by atoms with Crippen LogP contribution in [-0.2, 0) is 0 Å². The highest BCUT2D eigenvalue weighted by Gasteiger charge is 2.15. The Kier molecular flexibility index (Phi) is 3.88. The zero-order chi connectivity index (χ0) is 16.4. The van der Waals surface area contributed by atoms with Crippen LogP contribution in [0.5, 0.6) is 23.0 Å². The van der Waals surface area contributed by atoms with Crippen molar-refractivity contribution < 1.29 is 24.1 Å². The van der Waals surface area contributed by atoms with Gasteiger partial charge < -0.3 is 29.0 Å². The third kappa shape index (κ3) is 2.96. The van der Waals surface area contributed by atoms with E-state index < -0.39 is 6.10 Å². The van der Waals surface area contributed by atoms with Crippen LogP contribution >= 0.6 is 0 Å². The molecule has 0 radical (unpaired) electrons. The Labute approximate surface area is 138 Å². The van der Waals surface area contributed by atoms with Gasteiger partial charge >= 0.3 is 0 Å². The number of aliphatic hydroxyl groups excluding tert-OH is 1. The Morgan fingerprint density at radius 2 is 1.92 bits per heavy atom. The number of H-pyrrole nitrogens is 1. The van der Waals surface area contributed by atoms with Crippen LogP contribution in [-0.4, -0.2) is 36.2 Å². The number of benzene rings is 2. The predicted octanol–water partition coefficient (Wildman–Crippen LogP) is 2.72. The fourth-order valence-corrected chi connectivity index (χ4v) is 2.58. The smallest absolute Gasteiger partial charge is 0.231 e. The molecule has 0 aliphatic carbocycles. The van der Waals surface area contributed by atoms with Crippen LogP contribution < -0.4 is 18.9 Å². The fraction of sp³-hybridized carbons (Fsp3) is 0.222. The van der Waals surface area contributed by atoms with E-state index in [0.29, 0.717) is 17.2 Å². The van der Waals surface area contributed by atoms with Gasteiger partial charge in [0.1, 0.15) is 30.8 Å². The minimum absolute atomic E-state index is 0.128. The van der Waals surface area contributed by atoms with Gasteiger partial charge in [-0.3, -0.25) is 0 Å². The number of nitrogens with one attached hydrogen (secondary N) is 1. The van der Waals surface area contributed by atoms with E-state index in [4.69, 9.17) is 18.9 Å². The highest BCUT2D eigenvalue weighted by atomic mass is 16.7. The van der Waals surface area contributed by atoms with Crippen LogP contribution in [0.3, 0.4) is 0 Å². The van der Waals surface area contributed by atoms with Gasteiger partial charge in [0.15, 0.2) is 11.5 Å². The molecule has 2 heterocycles. The van der Waals surface area contributed by atoms with Crippen LogP contribution in [0.2, 0.25) is 0 Å². The summed E-state index contributed by atoms with van der Waals surface area (Å²) in [4.78, 5) is 3.13. The molecule has 6 nitrogen and oxygen atoms in total. The molecule has 124 valence electrons. The quantitative estimate of drug-likeness (QED) is 0.728. The lowest BCUT2D eigenvalue weighted by molar-refractivity contribution is 0.0631. The fourth-order valence-electron chi connectivity index (χ4n) is 2.58. The van der Waals surface area contributed by atoms with Crippen LogP contribution in [0.1, 0.15) is 0 Å². The van der Waals surface area contributed by atoms with Gasteiger partial charge in [0, 0.05) is 23.2 Å². The Bertz CT molecular complexity index is 844. The Balaban J connectivity index is 1.32. The summed E-state index contributed by atoms with van der Waals surface area (Å²) in [6.45, 7) is 0.498. The van der Waals surface area contributed by atoms with Gasteiger partial charge in [-0.05, 0) is 30.3 Å². The molecule has 2 N–H and O–H groups in total. The molecule has 1 atom stereocenters. The van der Waals surface area contributed by atoms with Crippen LogP contribution in [0, 0.1) is 0 Å². The normalized spacial score (nSPS) is 13.9. The van der Waals surface area contributed by atoms with Crippen molar-refractivity contribution in [2.24, 2.45) is 0 Å². The monoisotopic (exact) mass is 327 g/mol. The average molecular weight is 327 g/mol. The molecule has 0 bridgehead atoms. The summed E-state index contributed by atoms with van der Waals surface area (Å²) < 4.78 is 21.8. The maximum atomic E-state index is 10.1. The number of hydrogen-bond acceptors (Lipinski definition) is 5. The zero-order valence-electron chi connectivity index (χ0n) is 12.9. The first-order chi connectivity index (χ1) is 11.8. The summed E-state index contributed by atoms with van der Waals surface area (Å²) in [5, 5.41) is 11.1. The van der Waals surface area contributed by atoms with Gasteiger partial charge in [0.2, 0.25) is 6.79 Å². The molecule has 6 heteroatoms. The highest BCUT2D eigenvalue weighted by Crippen LogP contribution is 2.35. The minimum Gasteiger partial charge on any atom is -0.491 e. The second-order valence-electron chi connectivity index (χ2n) is 5.49. The molecule has 4 rings (SSSR count). The molecule has 1 aromatic heterocycles. The van der Waals surface area contributed by atoms with Gasteiger partial charge in [-0.1, -0.05) is 6.07 Å². The molecule has 0 fully saturated rings. The van der Waals surface area contributed by atoms with Gasteiger partial charge in [-0.25, -0.2) is 0 Å². The Morgan fingerprint density at radius 3 is 2.88 bits per heavy atom. The third-order valence-corrected chi connectivity index (χ3v) is 3.77. The van der Waals surface area contributed by atoms with Gasteiger partial charge in [-0.2, -0.15) is 0 Å². The lowest BCUT2D eigenvalue weighted by Crippen LogP contribution is -2.25.